The van der Waals surface area contributed by atoms with Gasteiger partial charge in [0, 0.05) is 0 Å². The first kappa shape index (κ1) is 8.75. The molecule has 0 aromatic carbocycles. The lowest BCUT2D eigenvalue weighted by molar-refractivity contribution is 0.783. The summed E-state index contributed by atoms with van der Waals surface area (Å²) >= 11 is 3.46. The first-order valence-electron chi connectivity index (χ1n) is 4.32. The third-order valence-corrected chi connectivity index (χ3v) is 2.65. The van der Waals surface area contributed by atoms with Crippen molar-refractivity contribution in [2.75, 3.05) is 0 Å². The fourth-order valence-electron chi connectivity index (χ4n) is 1.28. The summed E-state index contributed by atoms with van der Waals surface area (Å²) in [6.07, 6.45) is 0. The van der Waals surface area contributed by atoms with Crippen LogP contribution in [0.5, 0.6) is 0 Å². The summed E-state index contributed by atoms with van der Waals surface area (Å²) in [5, 5.41) is 4.48. The molecule has 2 nitrogen and oxygen atoms in total. The van der Waals surface area contributed by atoms with Gasteiger partial charge in [0.05, 0.1) is 11.2 Å². The Kier molecular flexibility index (Phi) is 2.12. The van der Waals surface area contributed by atoms with Crippen molar-refractivity contribution in [2.24, 2.45) is 0 Å². The van der Waals surface area contributed by atoms with Crippen LogP contribution < -0.4 is 0 Å². The molecule has 68 valence electrons. The van der Waals surface area contributed by atoms with Crippen LogP contribution in [0.15, 0.2) is 28.9 Å². The van der Waals surface area contributed by atoms with E-state index in [1.165, 1.54) is 0 Å². The normalized spacial score (nSPS) is 11.4. The highest BCUT2D eigenvalue weighted by Crippen LogP contribution is 2.18. The molecule has 13 heavy (non-hydrogen) atoms. The Morgan fingerprint density at radius 3 is 2.77 bits per heavy atom. The van der Waals surface area contributed by atoms with Gasteiger partial charge in [0.1, 0.15) is 4.60 Å². The minimum absolute atomic E-state index is 0.479. The molecule has 0 unspecified atom stereocenters. The van der Waals surface area contributed by atoms with Crippen LogP contribution in [0.4, 0.5) is 0 Å². The summed E-state index contributed by atoms with van der Waals surface area (Å²) in [5.41, 5.74) is 2.27. The summed E-state index contributed by atoms with van der Waals surface area (Å²) in [6, 6.07) is 8.19. The standard InChI is InChI=1S/C10H11BrN2/c1-7(2)9-6-8-4-3-5-10(11)13(8)12-9/h3-7H,1-2H3. The van der Waals surface area contributed by atoms with Gasteiger partial charge in [0.2, 0.25) is 0 Å². The second-order valence-corrected chi connectivity index (χ2v) is 4.22. The molecule has 0 spiro atoms. The maximum atomic E-state index is 4.48. The highest BCUT2D eigenvalue weighted by molar-refractivity contribution is 9.10. The second kappa shape index (κ2) is 3.14. The molecule has 0 aliphatic heterocycles. The first-order chi connectivity index (χ1) is 6.18. The van der Waals surface area contributed by atoms with Crippen LogP contribution in [0, 0.1) is 0 Å². The fourth-order valence-corrected chi connectivity index (χ4v) is 1.72. The predicted molar refractivity (Wildman–Crippen MR) is 57.0 cm³/mol. The molecule has 2 aromatic heterocycles. The largest absolute Gasteiger partial charge is 0.226 e. The lowest BCUT2D eigenvalue weighted by atomic mass is 10.1. The molecule has 0 aliphatic rings. The Hall–Kier alpha value is -0.830. The molecule has 2 rings (SSSR count). The maximum Gasteiger partial charge on any atom is 0.108 e. The molecule has 2 aromatic rings. The zero-order chi connectivity index (χ0) is 9.42. The van der Waals surface area contributed by atoms with Gasteiger partial charge in [-0.3, -0.25) is 0 Å². The van der Waals surface area contributed by atoms with E-state index < -0.39 is 0 Å². The van der Waals surface area contributed by atoms with Crippen LogP contribution in [0.2, 0.25) is 0 Å². The Morgan fingerprint density at radius 2 is 2.15 bits per heavy atom. The van der Waals surface area contributed by atoms with E-state index in [0.29, 0.717) is 5.92 Å². The molecule has 0 atom stereocenters. The molecule has 0 saturated heterocycles. The number of halogens is 1. The smallest absolute Gasteiger partial charge is 0.108 e. The van der Waals surface area contributed by atoms with Gasteiger partial charge in [0.25, 0.3) is 0 Å². The van der Waals surface area contributed by atoms with Crippen LogP contribution in [-0.4, -0.2) is 9.61 Å². The van der Waals surface area contributed by atoms with Gasteiger partial charge >= 0.3 is 0 Å². The van der Waals surface area contributed by atoms with Gasteiger partial charge in [-0.15, -0.1) is 0 Å². The molecule has 0 radical (unpaired) electrons. The van der Waals surface area contributed by atoms with Crippen LogP contribution in [0.1, 0.15) is 25.5 Å². The maximum absolute atomic E-state index is 4.48. The molecule has 0 bridgehead atoms. The van der Waals surface area contributed by atoms with Crippen LogP contribution in [0.3, 0.4) is 0 Å². The van der Waals surface area contributed by atoms with E-state index in [1.807, 2.05) is 16.6 Å². The summed E-state index contributed by atoms with van der Waals surface area (Å²) in [5.74, 6) is 0.479. The van der Waals surface area contributed by atoms with Gasteiger partial charge in [-0.25, -0.2) is 4.52 Å². The number of aromatic nitrogens is 2. The molecule has 0 fully saturated rings. The fraction of sp³-hybridized carbons (Fsp3) is 0.300. The molecule has 3 heteroatoms. The Morgan fingerprint density at radius 1 is 1.38 bits per heavy atom. The van der Waals surface area contributed by atoms with E-state index in [1.54, 1.807) is 0 Å². The van der Waals surface area contributed by atoms with Crippen molar-refractivity contribution in [2.45, 2.75) is 19.8 Å². The molecular formula is C10H11BrN2. The van der Waals surface area contributed by atoms with Gasteiger partial charge in [-0.1, -0.05) is 19.9 Å². The van der Waals surface area contributed by atoms with Crippen LogP contribution >= 0.6 is 15.9 Å². The van der Waals surface area contributed by atoms with E-state index >= 15 is 0 Å². The second-order valence-electron chi connectivity index (χ2n) is 3.41. The molecule has 0 amide bonds. The van der Waals surface area contributed by atoms with Crippen LogP contribution in [-0.2, 0) is 0 Å². The monoisotopic (exact) mass is 238 g/mol. The molecular weight excluding hydrogens is 228 g/mol. The van der Waals surface area contributed by atoms with Crippen molar-refractivity contribution in [3.63, 3.8) is 0 Å². The summed E-state index contributed by atoms with van der Waals surface area (Å²) < 4.78 is 2.91. The van der Waals surface area contributed by atoms with Crippen molar-refractivity contribution in [1.82, 2.24) is 9.61 Å². The third-order valence-electron chi connectivity index (χ3n) is 2.05. The van der Waals surface area contributed by atoms with Crippen molar-refractivity contribution in [3.05, 3.63) is 34.6 Å². The number of hydrogen-bond acceptors (Lipinski definition) is 1. The minimum atomic E-state index is 0.479. The number of fused-ring (bicyclic) bond motifs is 1. The van der Waals surface area contributed by atoms with E-state index in [2.05, 4.69) is 47.0 Å². The number of nitrogens with zero attached hydrogens (tertiary/aromatic N) is 2. The Balaban J connectivity index is 2.68. The zero-order valence-electron chi connectivity index (χ0n) is 7.66. The number of pyridine rings is 1. The average molecular weight is 239 g/mol. The zero-order valence-corrected chi connectivity index (χ0v) is 9.25. The summed E-state index contributed by atoms with van der Waals surface area (Å²) in [4.78, 5) is 0. The highest BCUT2D eigenvalue weighted by atomic mass is 79.9. The molecule has 2 heterocycles. The van der Waals surface area contributed by atoms with Crippen molar-refractivity contribution < 1.29 is 0 Å². The van der Waals surface area contributed by atoms with Gasteiger partial charge in [-0.2, -0.15) is 5.10 Å². The lowest BCUT2D eigenvalue weighted by Crippen LogP contribution is -1.91. The van der Waals surface area contributed by atoms with Gasteiger partial charge in [-0.05, 0) is 40.0 Å². The third kappa shape index (κ3) is 1.48. The van der Waals surface area contributed by atoms with Gasteiger partial charge < -0.3 is 0 Å². The summed E-state index contributed by atoms with van der Waals surface area (Å²) in [6.45, 7) is 4.30. The molecule has 0 N–H and O–H groups in total. The van der Waals surface area contributed by atoms with E-state index in [9.17, 15) is 0 Å². The topological polar surface area (TPSA) is 17.3 Å². The average Bonchev–Trinajstić information content (AvgIpc) is 2.49. The SMILES string of the molecule is CC(C)c1cc2cccc(Br)n2n1. The van der Waals surface area contributed by atoms with E-state index in [4.69, 9.17) is 0 Å². The predicted octanol–water partition coefficient (Wildman–Crippen LogP) is 3.22. The van der Waals surface area contributed by atoms with E-state index in [0.717, 1.165) is 15.8 Å². The molecule has 0 saturated carbocycles. The minimum Gasteiger partial charge on any atom is -0.226 e. The lowest BCUT2D eigenvalue weighted by Gasteiger charge is -1.96. The van der Waals surface area contributed by atoms with E-state index in [-0.39, 0.29) is 0 Å². The summed E-state index contributed by atoms with van der Waals surface area (Å²) in [7, 11) is 0. The van der Waals surface area contributed by atoms with Gasteiger partial charge in [0.15, 0.2) is 0 Å². The van der Waals surface area contributed by atoms with Crippen LogP contribution in [0.25, 0.3) is 5.52 Å². The number of hydrogen-bond donors (Lipinski definition) is 0. The van der Waals surface area contributed by atoms with Crippen molar-refractivity contribution in [1.29, 1.82) is 0 Å². The Bertz CT molecular complexity index is 431. The number of rotatable bonds is 1. The first-order valence-corrected chi connectivity index (χ1v) is 5.12. The highest BCUT2D eigenvalue weighted by Gasteiger charge is 2.06. The van der Waals surface area contributed by atoms with Crippen molar-refractivity contribution >= 4 is 21.4 Å². The van der Waals surface area contributed by atoms with Crippen molar-refractivity contribution in [3.8, 4) is 0 Å². The molecule has 0 aliphatic carbocycles. The Labute approximate surface area is 85.7 Å². The quantitative estimate of drug-likeness (QED) is 0.698.